The number of benzene rings is 1. The van der Waals surface area contributed by atoms with Gasteiger partial charge in [-0.2, -0.15) is 0 Å². The van der Waals surface area contributed by atoms with E-state index >= 15 is 0 Å². The first-order valence-corrected chi connectivity index (χ1v) is 11.8. The maximum atomic E-state index is 12.3. The van der Waals surface area contributed by atoms with E-state index in [0.29, 0.717) is 36.5 Å². The van der Waals surface area contributed by atoms with Gasteiger partial charge in [0.15, 0.2) is 5.96 Å². The van der Waals surface area contributed by atoms with E-state index in [1.165, 1.54) is 12.1 Å². The van der Waals surface area contributed by atoms with Gasteiger partial charge >= 0.3 is 0 Å². The van der Waals surface area contributed by atoms with Gasteiger partial charge in [-0.25, -0.2) is 23.1 Å². The molecule has 0 saturated heterocycles. The predicted molar refractivity (Wildman–Crippen MR) is 131 cm³/mol. The Labute approximate surface area is 198 Å². The molecule has 0 spiro atoms. The van der Waals surface area contributed by atoms with Crippen molar-refractivity contribution < 1.29 is 8.42 Å². The lowest BCUT2D eigenvalue weighted by Crippen LogP contribution is -2.41. The van der Waals surface area contributed by atoms with Gasteiger partial charge in [-0.1, -0.05) is 31.5 Å². The van der Waals surface area contributed by atoms with Crippen molar-refractivity contribution in [1.82, 2.24) is 20.3 Å². The third-order valence-corrected chi connectivity index (χ3v) is 6.24. The van der Waals surface area contributed by atoms with E-state index in [4.69, 9.17) is 11.6 Å². The first-order chi connectivity index (χ1) is 13.3. The number of sulfonamides is 1. The van der Waals surface area contributed by atoms with Crippen molar-refractivity contribution in [1.29, 1.82) is 0 Å². The highest BCUT2D eigenvalue weighted by Gasteiger charge is 2.13. The molecule has 1 heterocycles. The molecule has 162 valence electrons. The zero-order valence-corrected chi connectivity index (χ0v) is 21.3. The topological polar surface area (TPSA) is 95.5 Å². The molecule has 0 saturated carbocycles. The Balaban J connectivity index is 0.00000420. The van der Waals surface area contributed by atoms with Gasteiger partial charge in [0, 0.05) is 30.0 Å². The van der Waals surface area contributed by atoms with E-state index in [-0.39, 0.29) is 35.4 Å². The molecule has 0 atom stereocenters. The van der Waals surface area contributed by atoms with Crippen molar-refractivity contribution >= 4 is 62.9 Å². The molecule has 0 unspecified atom stereocenters. The molecule has 0 amide bonds. The summed E-state index contributed by atoms with van der Waals surface area (Å²) in [4.78, 5) is 9.22. The number of hydrogen-bond acceptors (Lipinski definition) is 5. The summed E-state index contributed by atoms with van der Waals surface area (Å²) in [6, 6.07) is 6.16. The highest BCUT2D eigenvalue weighted by atomic mass is 127. The molecule has 0 fully saturated rings. The second kappa shape index (κ2) is 12.7. The third-order valence-electron chi connectivity index (χ3n) is 3.69. The molecule has 11 heteroatoms. The van der Waals surface area contributed by atoms with Crippen LogP contribution in [-0.2, 0) is 16.6 Å². The standard InChI is InChI=1S/C18H26ClN5O2S2.HI/c1-4-20-18(22-11-17-24-16(12-27-17)13(2)3)21-8-9-23-28(25,26)15-7-5-6-14(19)10-15;/h5-7,10,12-13,23H,4,8-9,11H2,1-3H3,(H2,20,21,22);1H. The quantitative estimate of drug-likeness (QED) is 0.185. The summed E-state index contributed by atoms with van der Waals surface area (Å²) in [5, 5.41) is 9.64. The van der Waals surface area contributed by atoms with Crippen LogP contribution in [0.3, 0.4) is 0 Å². The van der Waals surface area contributed by atoms with Crippen molar-refractivity contribution in [3.05, 3.63) is 45.4 Å². The highest BCUT2D eigenvalue weighted by Crippen LogP contribution is 2.18. The van der Waals surface area contributed by atoms with Crippen molar-refractivity contribution in [3.8, 4) is 0 Å². The molecule has 29 heavy (non-hydrogen) atoms. The Kier molecular flexibility index (Phi) is 11.4. The van der Waals surface area contributed by atoms with Crippen molar-refractivity contribution in [2.45, 2.75) is 38.1 Å². The van der Waals surface area contributed by atoms with Gasteiger partial charge in [0.2, 0.25) is 10.0 Å². The highest BCUT2D eigenvalue weighted by molar-refractivity contribution is 14.0. The maximum absolute atomic E-state index is 12.3. The van der Waals surface area contributed by atoms with Crippen LogP contribution in [0.15, 0.2) is 39.5 Å². The Bertz CT molecular complexity index is 903. The number of guanidine groups is 1. The molecule has 2 aromatic rings. The van der Waals surface area contributed by atoms with E-state index in [1.54, 1.807) is 23.5 Å². The lowest BCUT2D eigenvalue weighted by atomic mass is 10.2. The fourth-order valence-corrected chi connectivity index (χ4v) is 4.45. The zero-order valence-electron chi connectivity index (χ0n) is 16.6. The van der Waals surface area contributed by atoms with Gasteiger partial charge in [-0.3, -0.25) is 0 Å². The fraction of sp³-hybridized carbons (Fsp3) is 0.444. The SMILES string of the molecule is CCNC(=NCc1nc(C(C)C)cs1)NCCNS(=O)(=O)c1cccc(Cl)c1.I. The minimum Gasteiger partial charge on any atom is -0.357 e. The number of thiazole rings is 1. The summed E-state index contributed by atoms with van der Waals surface area (Å²) >= 11 is 7.45. The van der Waals surface area contributed by atoms with Crippen LogP contribution in [0.4, 0.5) is 0 Å². The van der Waals surface area contributed by atoms with Crippen LogP contribution in [0.1, 0.15) is 37.4 Å². The number of rotatable bonds is 9. The van der Waals surface area contributed by atoms with Gasteiger partial charge < -0.3 is 10.6 Å². The molecular formula is C18H27ClIN5O2S2. The number of nitrogens with one attached hydrogen (secondary N) is 3. The smallest absolute Gasteiger partial charge is 0.240 e. The monoisotopic (exact) mass is 571 g/mol. The van der Waals surface area contributed by atoms with E-state index < -0.39 is 10.0 Å². The molecule has 1 aromatic heterocycles. The molecule has 2 rings (SSSR count). The first-order valence-electron chi connectivity index (χ1n) is 9.03. The number of hydrogen-bond donors (Lipinski definition) is 3. The first kappa shape index (κ1) is 26.1. The summed E-state index contributed by atoms with van der Waals surface area (Å²) in [7, 11) is -3.60. The summed E-state index contributed by atoms with van der Waals surface area (Å²) in [5.41, 5.74) is 1.07. The van der Waals surface area contributed by atoms with Crippen LogP contribution >= 0.6 is 46.9 Å². The second-order valence-electron chi connectivity index (χ2n) is 6.30. The van der Waals surface area contributed by atoms with Crippen molar-refractivity contribution in [2.24, 2.45) is 4.99 Å². The summed E-state index contributed by atoms with van der Waals surface area (Å²) < 4.78 is 27.1. The fourth-order valence-electron chi connectivity index (χ4n) is 2.24. The lowest BCUT2D eigenvalue weighted by molar-refractivity contribution is 0.580. The van der Waals surface area contributed by atoms with Gasteiger partial charge in [0.1, 0.15) is 5.01 Å². The number of halogens is 2. The average molecular weight is 572 g/mol. The Morgan fingerprint density at radius 3 is 2.66 bits per heavy atom. The van der Waals surface area contributed by atoms with Crippen LogP contribution in [0, 0.1) is 0 Å². The molecule has 3 N–H and O–H groups in total. The van der Waals surface area contributed by atoms with E-state index in [9.17, 15) is 8.42 Å². The second-order valence-corrected chi connectivity index (χ2v) is 9.44. The van der Waals surface area contributed by atoms with Gasteiger partial charge in [-0.15, -0.1) is 35.3 Å². The molecule has 7 nitrogen and oxygen atoms in total. The number of aromatic nitrogens is 1. The van der Waals surface area contributed by atoms with Gasteiger partial charge in [0.25, 0.3) is 0 Å². The van der Waals surface area contributed by atoms with Crippen LogP contribution in [0.2, 0.25) is 5.02 Å². The average Bonchev–Trinajstić information content (AvgIpc) is 3.12. The van der Waals surface area contributed by atoms with Gasteiger partial charge in [-0.05, 0) is 31.0 Å². The molecule has 0 bridgehead atoms. The molecule has 0 aliphatic carbocycles. The van der Waals surface area contributed by atoms with E-state index in [0.717, 1.165) is 10.7 Å². The van der Waals surface area contributed by atoms with Crippen LogP contribution in [0.5, 0.6) is 0 Å². The molecule has 0 radical (unpaired) electrons. The summed E-state index contributed by atoms with van der Waals surface area (Å²) in [6.07, 6.45) is 0. The summed E-state index contributed by atoms with van der Waals surface area (Å²) in [6.45, 7) is 7.97. The van der Waals surface area contributed by atoms with Crippen LogP contribution in [-0.4, -0.2) is 39.0 Å². The van der Waals surface area contributed by atoms with Crippen LogP contribution < -0.4 is 15.4 Å². The number of nitrogens with zero attached hydrogens (tertiary/aromatic N) is 2. The largest absolute Gasteiger partial charge is 0.357 e. The third kappa shape index (κ3) is 8.75. The zero-order chi connectivity index (χ0) is 20.6. The van der Waals surface area contributed by atoms with Crippen molar-refractivity contribution in [3.63, 3.8) is 0 Å². The molecule has 0 aliphatic heterocycles. The minimum atomic E-state index is -3.60. The minimum absolute atomic E-state index is 0. The Morgan fingerprint density at radius 1 is 1.28 bits per heavy atom. The van der Waals surface area contributed by atoms with Crippen LogP contribution in [0.25, 0.3) is 0 Å². The summed E-state index contributed by atoms with van der Waals surface area (Å²) in [5.74, 6) is 1.01. The Hall–Kier alpha value is -0.950. The predicted octanol–water partition coefficient (Wildman–Crippen LogP) is 3.57. The molecule has 1 aromatic carbocycles. The van der Waals surface area contributed by atoms with Gasteiger partial charge in [0.05, 0.1) is 17.1 Å². The Morgan fingerprint density at radius 2 is 2.03 bits per heavy atom. The van der Waals surface area contributed by atoms with E-state index in [2.05, 4.69) is 44.6 Å². The van der Waals surface area contributed by atoms with Crippen molar-refractivity contribution in [2.75, 3.05) is 19.6 Å². The lowest BCUT2D eigenvalue weighted by Gasteiger charge is -2.12. The molecular weight excluding hydrogens is 545 g/mol. The van der Waals surface area contributed by atoms with E-state index in [1.807, 2.05) is 6.92 Å². The maximum Gasteiger partial charge on any atom is 0.240 e. The molecule has 0 aliphatic rings. The number of aliphatic imine (C=N–C) groups is 1. The normalized spacial score (nSPS) is 12.0.